The molecule has 96 valence electrons. The Morgan fingerprint density at radius 1 is 1.50 bits per heavy atom. The van der Waals surface area contributed by atoms with E-state index in [1.807, 2.05) is 23.8 Å². The molecule has 1 aliphatic rings. The second-order valence-corrected chi connectivity index (χ2v) is 4.60. The Morgan fingerprint density at radius 3 is 3.17 bits per heavy atom. The van der Waals surface area contributed by atoms with E-state index in [0.717, 1.165) is 36.7 Å². The van der Waals surface area contributed by atoms with Crippen molar-refractivity contribution in [1.29, 1.82) is 0 Å². The number of hydrogen-bond acceptors (Lipinski definition) is 5. The first-order valence-corrected chi connectivity index (χ1v) is 6.22. The molecule has 1 atom stereocenters. The van der Waals surface area contributed by atoms with Crippen LogP contribution in [0.5, 0.6) is 0 Å². The minimum Gasteiger partial charge on any atom is -0.391 e. The Labute approximate surface area is 105 Å². The Bertz CT molecular complexity index is 552. The van der Waals surface area contributed by atoms with E-state index >= 15 is 0 Å². The number of piperidine rings is 1. The van der Waals surface area contributed by atoms with Crippen LogP contribution < -0.4 is 10.2 Å². The number of nitrogens with one attached hydrogen (secondary N) is 1. The maximum Gasteiger partial charge on any atom is 0.180 e. The van der Waals surface area contributed by atoms with Gasteiger partial charge in [0.1, 0.15) is 5.82 Å². The summed E-state index contributed by atoms with van der Waals surface area (Å²) in [6.07, 6.45) is 7.16. The van der Waals surface area contributed by atoms with Crippen molar-refractivity contribution in [2.24, 2.45) is 0 Å². The van der Waals surface area contributed by atoms with Crippen molar-refractivity contribution >= 4 is 17.3 Å². The molecular formula is C12H17N5O. The predicted molar refractivity (Wildman–Crippen MR) is 70.0 cm³/mol. The molecule has 18 heavy (non-hydrogen) atoms. The molecule has 2 aromatic heterocycles. The minimum absolute atomic E-state index is 0.270. The minimum atomic E-state index is -0.270. The molecule has 0 spiro atoms. The lowest BCUT2D eigenvalue weighted by atomic mass is 10.1. The van der Waals surface area contributed by atoms with Crippen LogP contribution in [0.3, 0.4) is 0 Å². The number of hydrogen-bond donors (Lipinski definition) is 2. The summed E-state index contributed by atoms with van der Waals surface area (Å²) in [6, 6.07) is 0. The average Bonchev–Trinajstić information content (AvgIpc) is 2.85. The summed E-state index contributed by atoms with van der Waals surface area (Å²) in [5.74, 6) is 1.64. The fourth-order valence-electron chi connectivity index (χ4n) is 2.39. The summed E-state index contributed by atoms with van der Waals surface area (Å²) in [7, 11) is 1.85. The first-order chi connectivity index (χ1) is 8.78. The lowest BCUT2D eigenvalue weighted by Gasteiger charge is -2.31. The van der Waals surface area contributed by atoms with Crippen molar-refractivity contribution in [1.82, 2.24) is 14.4 Å². The molecule has 0 amide bonds. The summed E-state index contributed by atoms with van der Waals surface area (Å²) in [4.78, 5) is 11.0. The van der Waals surface area contributed by atoms with Crippen molar-refractivity contribution in [2.45, 2.75) is 18.9 Å². The van der Waals surface area contributed by atoms with Gasteiger partial charge in [-0.05, 0) is 12.8 Å². The molecule has 3 rings (SSSR count). The van der Waals surface area contributed by atoms with Crippen LogP contribution in [0.4, 0.5) is 11.6 Å². The largest absolute Gasteiger partial charge is 0.391 e. The van der Waals surface area contributed by atoms with Gasteiger partial charge < -0.3 is 19.7 Å². The van der Waals surface area contributed by atoms with E-state index in [2.05, 4.69) is 20.2 Å². The highest BCUT2D eigenvalue weighted by Crippen LogP contribution is 2.23. The number of imidazole rings is 1. The van der Waals surface area contributed by atoms with Crippen LogP contribution in [0, 0.1) is 0 Å². The highest BCUT2D eigenvalue weighted by molar-refractivity contribution is 5.67. The lowest BCUT2D eigenvalue weighted by molar-refractivity contribution is 0.154. The van der Waals surface area contributed by atoms with E-state index in [-0.39, 0.29) is 6.10 Å². The molecule has 1 fully saturated rings. The van der Waals surface area contributed by atoms with Crippen molar-refractivity contribution < 1.29 is 5.11 Å². The van der Waals surface area contributed by atoms with Crippen molar-refractivity contribution in [3.05, 3.63) is 18.6 Å². The van der Waals surface area contributed by atoms with Gasteiger partial charge in [-0.1, -0.05) is 0 Å². The van der Waals surface area contributed by atoms with E-state index in [4.69, 9.17) is 0 Å². The summed E-state index contributed by atoms with van der Waals surface area (Å²) in [6.45, 7) is 1.54. The molecule has 0 bridgehead atoms. The fourth-order valence-corrected chi connectivity index (χ4v) is 2.39. The number of rotatable bonds is 2. The molecule has 1 unspecified atom stereocenters. The topological polar surface area (TPSA) is 65.7 Å². The SMILES string of the molecule is CNc1cn2ccnc2c(N2CCCC(O)C2)n1. The zero-order chi connectivity index (χ0) is 12.5. The summed E-state index contributed by atoms with van der Waals surface area (Å²) in [5.41, 5.74) is 0.836. The molecule has 1 saturated heterocycles. The van der Waals surface area contributed by atoms with Gasteiger partial charge in [0, 0.05) is 32.5 Å². The molecule has 1 aliphatic heterocycles. The smallest absolute Gasteiger partial charge is 0.180 e. The van der Waals surface area contributed by atoms with Crippen LogP contribution in [0.25, 0.3) is 5.65 Å². The van der Waals surface area contributed by atoms with Gasteiger partial charge in [-0.15, -0.1) is 0 Å². The van der Waals surface area contributed by atoms with Gasteiger partial charge >= 0.3 is 0 Å². The van der Waals surface area contributed by atoms with Crippen molar-refractivity contribution in [3.63, 3.8) is 0 Å². The van der Waals surface area contributed by atoms with Crippen LogP contribution in [-0.2, 0) is 0 Å². The van der Waals surface area contributed by atoms with Gasteiger partial charge in [-0.25, -0.2) is 9.97 Å². The van der Waals surface area contributed by atoms with E-state index in [0.29, 0.717) is 6.54 Å². The maximum absolute atomic E-state index is 9.78. The fraction of sp³-hybridized carbons (Fsp3) is 0.500. The van der Waals surface area contributed by atoms with E-state index in [1.54, 1.807) is 6.20 Å². The van der Waals surface area contributed by atoms with Gasteiger partial charge in [0.25, 0.3) is 0 Å². The third-order valence-electron chi connectivity index (χ3n) is 3.31. The molecular weight excluding hydrogens is 230 g/mol. The lowest BCUT2D eigenvalue weighted by Crippen LogP contribution is -2.39. The van der Waals surface area contributed by atoms with Crippen LogP contribution in [0.1, 0.15) is 12.8 Å². The molecule has 6 heteroatoms. The van der Waals surface area contributed by atoms with Crippen LogP contribution in [0.2, 0.25) is 0 Å². The van der Waals surface area contributed by atoms with Gasteiger partial charge in [0.05, 0.1) is 12.3 Å². The molecule has 6 nitrogen and oxygen atoms in total. The summed E-state index contributed by atoms with van der Waals surface area (Å²) in [5, 5.41) is 12.8. The Morgan fingerprint density at radius 2 is 2.39 bits per heavy atom. The quantitative estimate of drug-likeness (QED) is 0.819. The number of anilines is 2. The molecule has 2 N–H and O–H groups in total. The molecule has 2 aromatic rings. The third kappa shape index (κ3) is 1.88. The predicted octanol–water partition coefficient (Wildman–Crippen LogP) is 0.732. The molecule has 0 radical (unpaired) electrons. The number of β-amino-alcohol motifs (C(OH)–C–C–N with tert-alkyl or cyclic N) is 1. The normalized spacial score (nSPS) is 20.3. The molecule has 3 heterocycles. The van der Waals surface area contributed by atoms with Crippen LogP contribution in [-0.4, -0.2) is 45.7 Å². The van der Waals surface area contributed by atoms with E-state index in [1.165, 1.54) is 0 Å². The van der Waals surface area contributed by atoms with Gasteiger partial charge in [-0.3, -0.25) is 0 Å². The highest BCUT2D eigenvalue weighted by atomic mass is 16.3. The van der Waals surface area contributed by atoms with Crippen molar-refractivity contribution in [3.8, 4) is 0 Å². The van der Waals surface area contributed by atoms with E-state index in [9.17, 15) is 5.11 Å². The van der Waals surface area contributed by atoms with Gasteiger partial charge in [-0.2, -0.15) is 0 Å². The average molecular weight is 247 g/mol. The highest BCUT2D eigenvalue weighted by Gasteiger charge is 2.21. The number of fused-ring (bicyclic) bond motifs is 1. The number of aromatic nitrogens is 3. The summed E-state index contributed by atoms with van der Waals surface area (Å²) >= 11 is 0. The molecule has 0 saturated carbocycles. The van der Waals surface area contributed by atoms with Gasteiger partial charge in [0.2, 0.25) is 0 Å². The second-order valence-electron chi connectivity index (χ2n) is 4.60. The molecule has 0 aromatic carbocycles. The number of aliphatic hydroxyl groups excluding tert-OH is 1. The zero-order valence-electron chi connectivity index (χ0n) is 10.4. The molecule has 0 aliphatic carbocycles. The van der Waals surface area contributed by atoms with Crippen LogP contribution in [0.15, 0.2) is 18.6 Å². The monoisotopic (exact) mass is 247 g/mol. The Kier molecular flexibility index (Phi) is 2.79. The first-order valence-electron chi connectivity index (χ1n) is 6.22. The Balaban J connectivity index is 2.05. The van der Waals surface area contributed by atoms with Crippen molar-refractivity contribution in [2.75, 3.05) is 30.4 Å². The van der Waals surface area contributed by atoms with Gasteiger partial charge in [0.15, 0.2) is 11.5 Å². The van der Waals surface area contributed by atoms with Crippen LogP contribution >= 0.6 is 0 Å². The third-order valence-corrected chi connectivity index (χ3v) is 3.31. The van der Waals surface area contributed by atoms with E-state index < -0.39 is 0 Å². The Hall–Kier alpha value is -1.82. The maximum atomic E-state index is 9.78. The first kappa shape index (κ1) is 11.3. The summed E-state index contributed by atoms with van der Waals surface area (Å²) < 4.78 is 1.95. The number of nitrogens with zero attached hydrogens (tertiary/aromatic N) is 4. The zero-order valence-corrected chi connectivity index (χ0v) is 10.4. The second kappa shape index (κ2) is 4.45. The number of aliphatic hydroxyl groups is 1. The standard InChI is InChI=1S/C12H17N5O/c1-13-10-8-17-6-4-14-11(17)12(15-10)16-5-2-3-9(18)7-16/h4,6,8-9,13,18H,2-3,5,7H2,1H3.